The molecule has 0 saturated heterocycles. The van der Waals surface area contributed by atoms with Gasteiger partial charge in [0.2, 0.25) is 0 Å². The van der Waals surface area contributed by atoms with Crippen molar-refractivity contribution in [1.82, 2.24) is 10.3 Å². The van der Waals surface area contributed by atoms with E-state index in [0.29, 0.717) is 0 Å². The summed E-state index contributed by atoms with van der Waals surface area (Å²) in [4.78, 5) is 5.47. The Labute approximate surface area is 103 Å². The first kappa shape index (κ1) is 14.4. The minimum atomic E-state index is -4.11. The third kappa shape index (κ3) is 4.27. The Balaban J connectivity index is 2.62. The molecule has 0 aliphatic rings. The Morgan fingerprint density at radius 2 is 1.82 bits per heavy atom. The lowest BCUT2D eigenvalue weighted by molar-refractivity contribution is -0.134. The van der Waals surface area contributed by atoms with Crippen molar-refractivity contribution in [3.63, 3.8) is 0 Å². The molecular weight excluding hydrogens is 249 g/mol. The molecule has 0 unspecified atom stereocenters. The van der Waals surface area contributed by atoms with Gasteiger partial charge in [0.25, 0.3) is 0 Å². The van der Waals surface area contributed by atoms with E-state index in [1.54, 1.807) is 0 Å². The molecule has 0 aliphatic heterocycles. The van der Waals surface area contributed by atoms with Crippen molar-refractivity contribution in [2.45, 2.75) is 45.8 Å². The second-order valence-electron chi connectivity index (χ2n) is 4.58. The molecule has 1 aromatic heterocycles. The van der Waals surface area contributed by atoms with Crippen molar-refractivity contribution in [3.8, 4) is 0 Å². The van der Waals surface area contributed by atoms with Crippen molar-refractivity contribution in [2.24, 2.45) is 0 Å². The van der Waals surface area contributed by atoms with Gasteiger partial charge in [-0.15, -0.1) is 11.3 Å². The SMILES string of the molecule is Cc1nc(C(C)(C)NCCC(F)(F)F)sc1C. The maximum atomic E-state index is 12.0. The highest BCUT2D eigenvalue weighted by Gasteiger charge is 2.29. The topological polar surface area (TPSA) is 24.9 Å². The van der Waals surface area contributed by atoms with Gasteiger partial charge in [-0.3, -0.25) is 0 Å². The predicted octanol–water partition coefficient (Wildman–Crippen LogP) is 3.54. The molecule has 1 N–H and O–H groups in total. The Morgan fingerprint density at radius 1 is 1.24 bits per heavy atom. The summed E-state index contributed by atoms with van der Waals surface area (Å²) < 4.78 is 36.1. The van der Waals surface area contributed by atoms with Crippen molar-refractivity contribution in [3.05, 3.63) is 15.6 Å². The van der Waals surface area contributed by atoms with E-state index in [1.165, 1.54) is 11.3 Å². The first-order valence-corrected chi connectivity index (χ1v) is 6.20. The van der Waals surface area contributed by atoms with Crippen molar-refractivity contribution < 1.29 is 13.2 Å². The Bertz CT molecular complexity index is 363. The van der Waals surface area contributed by atoms with E-state index in [1.807, 2.05) is 27.7 Å². The van der Waals surface area contributed by atoms with E-state index in [-0.39, 0.29) is 6.54 Å². The highest BCUT2D eigenvalue weighted by atomic mass is 32.1. The van der Waals surface area contributed by atoms with Crippen LogP contribution in [0.15, 0.2) is 0 Å². The molecule has 0 aliphatic carbocycles. The highest BCUT2D eigenvalue weighted by Crippen LogP contribution is 2.27. The number of thiazole rings is 1. The van der Waals surface area contributed by atoms with Gasteiger partial charge in [-0.2, -0.15) is 13.2 Å². The van der Waals surface area contributed by atoms with Crippen LogP contribution in [-0.4, -0.2) is 17.7 Å². The minimum Gasteiger partial charge on any atom is -0.306 e. The Hall–Kier alpha value is -0.620. The van der Waals surface area contributed by atoms with Crippen LogP contribution in [0.2, 0.25) is 0 Å². The Morgan fingerprint density at radius 3 is 2.24 bits per heavy atom. The molecule has 0 fully saturated rings. The van der Waals surface area contributed by atoms with Crippen LogP contribution in [0.1, 0.15) is 35.8 Å². The number of hydrogen-bond acceptors (Lipinski definition) is 3. The largest absolute Gasteiger partial charge is 0.390 e. The number of aryl methyl sites for hydroxylation is 2. The molecular formula is C11H17F3N2S. The van der Waals surface area contributed by atoms with Crippen molar-refractivity contribution in [2.75, 3.05) is 6.54 Å². The van der Waals surface area contributed by atoms with Crippen LogP contribution in [0.4, 0.5) is 13.2 Å². The molecule has 0 radical (unpaired) electrons. The number of halogens is 3. The van der Waals surface area contributed by atoms with Crippen LogP contribution in [0.25, 0.3) is 0 Å². The average Bonchev–Trinajstić information content (AvgIpc) is 2.45. The van der Waals surface area contributed by atoms with Crippen LogP contribution in [0, 0.1) is 13.8 Å². The zero-order valence-electron chi connectivity index (χ0n) is 10.4. The summed E-state index contributed by atoms with van der Waals surface area (Å²) in [6, 6.07) is 0. The number of aromatic nitrogens is 1. The summed E-state index contributed by atoms with van der Waals surface area (Å²) in [5.41, 5.74) is 0.422. The van der Waals surface area contributed by atoms with Gasteiger partial charge in [-0.1, -0.05) is 0 Å². The zero-order valence-corrected chi connectivity index (χ0v) is 11.2. The molecule has 98 valence electrons. The summed E-state index contributed by atoms with van der Waals surface area (Å²) in [6.45, 7) is 7.47. The van der Waals surface area contributed by atoms with Gasteiger partial charge in [0, 0.05) is 11.4 Å². The summed E-state index contributed by atoms with van der Waals surface area (Å²) >= 11 is 1.52. The molecule has 6 heteroatoms. The normalized spacial score (nSPS) is 13.1. The molecule has 0 saturated carbocycles. The van der Waals surface area contributed by atoms with Gasteiger partial charge < -0.3 is 5.32 Å². The number of nitrogens with zero attached hydrogens (tertiary/aromatic N) is 1. The molecule has 17 heavy (non-hydrogen) atoms. The van der Waals surface area contributed by atoms with Crippen LogP contribution >= 0.6 is 11.3 Å². The van der Waals surface area contributed by atoms with Crippen LogP contribution in [-0.2, 0) is 5.54 Å². The lowest BCUT2D eigenvalue weighted by Crippen LogP contribution is -2.38. The van der Waals surface area contributed by atoms with E-state index < -0.39 is 18.1 Å². The molecule has 0 bridgehead atoms. The van der Waals surface area contributed by atoms with E-state index >= 15 is 0 Å². The fourth-order valence-electron chi connectivity index (χ4n) is 1.33. The maximum absolute atomic E-state index is 12.0. The average molecular weight is 266 g/mol. The number of nitrogens with one attached hydrogen (secondary N) is 1. The van der Waals surface area contributed by atoms with E-state index in [4.69, 9.17) is 0 Å². The summed E-state index contributed by atoms with van der Waals surface area (Å²) in [5.74, 6) is 0. The van der Waals surface area contributed by atoms with Gasteiger partial charge in [-0.05, 0) is 27.7 Å². The minimum absolute atomic E-state index is 0.0891. The summed E-state index contributed by atoms with van der Waals surface area (Å²) in [7, 11) is 0. The van der Waals surface area contributed by atoms with Crippen molar-refractivity contribution >= 4 is 11.3 Å². The predicted molar refractivity (Wildman–Crippen MR) is 63.3 cm³/mol. The van der Waals surface area contributed by atoms with Gasteiger partial charge in [0.05, 0.1) is 17.7 Å². The standard InChI is InChI=1S/C11H17F3N2S/c1-7-8(2)17-9(16-7)10(3,4)15-6-5-11(12,13)14/h15H,5-6H2,1-4H3. The van der Waals surface area contributed by atoms with Crippen LogP contribution in [0.5, 0.6) is 0 Å². The third-order valence-corrected chi connectivity index (χ3v) is 3.94. The molecule has 1 aromatic rings. The number of hydrogen-bond donors (Lipinski definition) is 1. The molecule has 0 spiro atoms. The third-order valence-electron chi connectivity index (χ3n) is 2.54. The Kier molecular flexibility index (Phi) is 4.19. The lowest BCUT2D eigenvalue weighted by atomic mass is 10.1. The van der Waals surface area contributed by atoms with E-state index in [2.05, 4.69) is 10.3 Å². The van der Waals surface area contributed by atoms with Crippen LogP contribution in [0.3, 0.4) is 0 Å². The number of alkyl halides is 3. The second kappa shape index (κ2) is 4.94. The zero-order chi connectivity index (χ0) is 13.3. The van der Waals surface area contributed by atoms with Gasteiger partial charge in [0.15, 0.2) is 0 Å². The molecule has 0 aromatic carbocycles. The lowest BCUT2D eigenvalue weighted by Gasteiger charge is -2.24. The second-order valence-corrected chi connectivity index (χ2v) is 5.78. The van der Waals surface area contributed by atoms with Gasteiger partial charge in [-0.25, -0.2) is 4.98 Å². The van der Waals surface area contributed by atoms with Crippen LogP contribution < -0.4 is 5.32 Å². The fraction of sp³-hybridized carbons (Fsp3) is 0.727. The number of rotatable bonds is 4. The molecule has 2 nitrogen and oxygen atoms in total. The first-order chi connectivity index (χ1) is 7.62. The molecule has 0 atom stereocenters. The van der Waals surface area contributed by atoms with Gasteiger partial charge >= 0.3 is 6.18 Å². The molecule has 1 heterocycles. The molecule has 1 rings (SSSR count). The smallest absolute Gasteiger partial charge is 0.306 e. The van der Waals surface area contributed by atoms with Crippen molar-refractivity contribution in [1.29, 1.82) is 0 Å². The fourth-order valence-corrected chi connectivity index (χ4v) is 2.33. The van der Waals surface area contributed by atoms with E-state index in [9.17, 15) is 13.2 Å². The van der Waals surface area contributed by atoms with E-state index in [0.717, 1.165) is 15.6 Å². The quantitative estimate of drug-likeness (QED) is 0.901. The summed E-state index contributed by atoms with van der Waals surface area (Å²) in [6.07, 6.45) is -4.93. The summed E-state index contributed by atoms with van der Waals surface area (Å²) in [5, 5.41) is 3.73. The monoisotopic (exact) mass is 266 g/mol. The highest BCUT2D eigenvalue weighted by molar-refractivity contribution is 7.11. The van der Waals surface area contributed by atoms with Gasteiger partial charge in [0.1, 0.15) is 5.01 Å². The molecule has 0 amide bonds. The maximum Gasteiger partial charge on any atom is 0.390 e. The first-order valence-electron chi connectivity index (χ1n) is 5.38.